The first-order chi connectivity index (χ1) is 11.9. The Hall–Kier alpha value is -2.33. The van der Waals surface area contributed by atoms with E-state index in [0.29, 0.717) is 36.6 Å². The van der Waals surface area contributed by atoms with Gasteiger partial charge in [-0.3, -0.25) is 4.79 Å². The first kappa shape index (κ1) is 17.5. The number of nitrogens with zero attached hydrogens (tertiary/aromatic N) is 4. The number of nitrogens with one attached hydrogen (secondary N) is 2. The largest absolute Gasteiger partial charge is 0.352 e. The Morgan fingerprint density at radius 3 is 2.92 bits per heavy atom. The summed E-state index contributed by atoms with van der Waals surface area (Å²) in [6.07, 6.45) is 2.90. The number of tetrazole rings is 1. The van der Waals surface area contributed by atoms with Crippen LogP contribution in [0.25, 0.3) is 11.4 Å². The smallest absolute Gasteiger partial charge is 0.252 e. The number of sulfonamides is 1. The van der Waals surface area contributed by atoms with Crippen molar-refractivity contribution in [3.05, 3.63) is 29.8 Å². The quantitative estimate of drug-likeness (QED) is 0.785. The van der Waals surface area contributed by atoms with Crippen LogP contribution in [0, 0.1) is 5.92 Å². The molecule has 0 bridgehead atoms. The normalized spacial score (nSPS) is 18.8. The maximum absolute atomic E-state index is 12.6. The minimum absolute atomic E-state index is 0.102. The lowest BCUT2D eigenvalue weighted by Gasteiger charge is -2.31. The molecule has 2 aromatic rings. The Balaban J connectivity index is 1.66. The number of carbonyl (C=O) groups is 1. The number of aromatic nitrogens is 4. The number of benzene rings is 1. The predicted octanol–water partition coefficient (Wildman–Crippen LogP) is 0.268. The maximum atomic E-state index is 12.6. The van der Waals surface area contributed by atoms with Gasteiger partial charge in [0, 0.05) is 25.2 Å². The number of rotatable bonds is 5. The number of H-pyrrole nitrogens is 1. The fourth-order valence-electron chi connectivity index (χ4n) is 2.98. The zero-order valence-corrected chi connectivity index (χ0v) is 14.7. The molecule has 1 aliphatic rings. The molecule has 134 valence electrons. The van der Waals surface area contributed by atoms with Gasteiger partial charge in [-0.15, -0.1) is 10.2 Å². The van der Waals surface area contributed by atoms with Crippen LogP contribution in [0.15, 0.2) is 24.3 Å². The second kappa shape index (κ2) is 7.28. The molecular weight excluding hydrogens is 344 g/mol. The van der Waals surface area contributed by atoms with E-state index < -0.39 is 10.0 Å². The van der Waals surface area contributed by atoms with E-state index in [9.17, 15) is 13.2 Å². The van der Waals surface area contributed by atoms with Crippen LogP contribution in [-0.4, -0.2) is 65.1 Å². The second-order valence-electron chi connectivity index (χ2n) is 6.12. The van der Waals surface area contributed by atoms with Crippen LogP contribution < -0.4 is 5.32 Å². The molecule has 0 unspecified atom stereocenters. The average Bonchev–Trinajstić information content (AvgIpc) is 3.14. The number of hydrogen-bond donors (Lipinski definition) is 2. The van der Waals surface area contributed by atoms with Gasteiger partial charge in [0.1, 0.15) is 0 Å². The van der Waals surface area contributed by atoms with Gasteiger partial charge >= 0.3 is 0 Å². The molecule has 0 spiro atoms. The number of amides is 1. The zero-order chi connectivity index (χ0) is 17.9. The summed E-state index contributed by atoms with van der Waals surface area (Å²) in [5, 5.41) is 16.6. The third-order valence-corrected chi connectivity index (χ3v) is 5.53. The third kappa shape index (κ3) is 4.20. The van der Waals surface area contributed by atoms with Crippen molar-refractivity contribution in [2.45, 2.75) is 12.8 Å². The molecule has 1 amide bonds. The minimum Gasteiger partial charge on any atom is -0.352 e. The van der Waals surface area contributed by atoms with Gasteiger partial charge in [-0.2, -0.15) is 5.21 Å². The zero-order valence-electron chi connectivity index (χ0n) is 13.8. The fraction of sp³-hybridized carbons (Fsp3) is 0.467. The Morgan fingerprint density at radius 2 is 2.20 bits per heavy atom. The van der Waals surface area contributed by atoms with E-state index >= 15 is 0 Å². The van der Waals surface area contributed by atoms with Crippen LogP contribution in [-0.2, 0) is 10.0 Å². The maximum Gasteiger partial charge on any atom is 0.252 e. The van der Waals surface area contributed by atoms with E-state index in [1.54, 1.807) is 24.3 Å². The average molecular weight is 364 g/mol. The van der Waals surface area contributed by atoms with E-state index in [1.807, 2.05) is 0 Å². The molecule has 2 heterocycles. The van der Waals surface area contributed by atoms with Crippen molar-refractivity contribution < 1.29 is 13.2 Å². The van der Waals surface area contributed by atoms with Gasteiger partial charge in [-0.25, -0.2) is 12.7 Å². The van der Waals surface area contributed by atoms with Crippen molar-refractivity contribution in [1.82, 2.24) is 30.2 Å². The number of piperidine rings is 1. The second-order valence-corrected chi connectivity index (χ2v) is 8.10. The monoisotopic (exact) mass is 364 g/mol. The molecule has 9 nitrogen and oxygen atoms in total. The SMILES string of the molecule is CS(=O)(=O)N1CCC[C@H](CNC(=O)c2ccccc2-c2nn[nH]n2)C1. The van der Waals surface area contributed by atoms with Crippen LogP contribution in [0.2, 0.25) is 0 Å². The molecule has 1 atom stereocenters. The minimum atomic E-state index is -3.19. The van der Waals surface area contributed by atoms with Gasteiger partial charge in [0.05, 0.1) is 11.8 Å². The van der Waals surface area contributed by atoms with Gasteiger partial charge in [-0.1, -0.05) is 18.2 Å². The highest BCUT2D eigenvalue weighted by Gasteiger charge is 2.26. The van der Waals surface area contributed by atoms with Crippen LogP contribution >= 0.6 is 0 Å². The Bertz CT molecular complexity index is 837. The summed E-state index contributed by atoms with van der Waals surface area (Å²) in [6.45, 7) is 1.40. The number of hydrogen-bond acceptors (Lipinski definition) is 6. The van der Waals surface area contributed by atoms with Gasteiger partial charge in [-0.05, 0) is 30.0 Å². The molecule has 10 heteroatoms. The number of aromatic amines is 1. The molecule has 1 aliphatic heterocycles. The molecule has 25 heavy (non-hydrogen) atoms. The summed E-state index contributed by atoms with van der Waals surface area (Å²) in [4.78, 5) is 12.6. The van der Waals surface area contributed by atoms with Crippen molar-refractivity contribution in [2.24, 2.45) is 5.92 Å². The van der Waals surface area contributed by atoms with E-state index in [2.05, 4.69) is 25.9 Å². The van der Waals surface area contributed by atoms with Crippen LogP contribution in [0.4, 0.5) is 0 Å². The van der Waals surface area contributed by atoms with Crippen molar-refractivity contribution in [3.8, 4) is 11.4 Å². The van der Waals surface area contributed by atoms with Crippen molar-refractivity contribution in [2.75, 3.05) is 25.9 Å². The lowest BCUT2D eigenvalue weighted by atomic mass is 9.99. The summed E-state index contributed by atoms with van der Waals surface area (Å²) in [7, 11) is -3.19. The van der Waals surface area contributed by atoms with Gasteiger partial charge in [0.2, 0.25) is 15.8 Å². The Kier molecular flexibility index (Phi) is 5.09. The van der Waals surface area contributed by atoms with E-state index in [4.69, 9.17) is 0 Å². The third-order valence-electron chi connectivity index (χ3n) is 4.26. The number of carbonyl (C=O) groups excluding carboxylic acids is 1. The van der Waals surface area contributed by atoms with E-state index in [-0.39, 0.29) is 11.8 Å². The molecule has 1 aromatic carbocycles. The molecule has 2 N–H and O–H groups in total. The summed E-state index contributed by atoms with van der Waals surface area (Å²) in [5.74, 6) is 0.216. The Morgan fingerprint density at radius 1 is 1.40 bits per heavy atom. The molecule has 0 aliphatic carbocycles. The topological polar surface area (TPSA) is 121 Å². The molecule has 0 radical (unpaired) electrons. The van der Waals surface area contributed by atoms with Crippen LogP contribution in [0.5, 0.6) is 0 Å². The Labute approximate surface area is 145 Å². The summed E-state index contributed by atoms with van der Waals surface area (Å²) >= 11 is 0. The van der Waals surface area contributed by atoms with Gasteiger partial charge in [0.15, 0.2) is 0 Å². The molecule has 3 rings (SSSR count). The highest BCUT2D eigenvalue weighted by Crippen LogP contribution is 2.20. The molecule has 1 aromatic heterocycles. The first-order valence-electron chi connectivity index (χ1n) is 8.01. The van der Waals surface area contributed by atoms with Gasteiger partial charge in [0.25, 0.3) is 5.91 Å². The fourth-order valence-corrected chi connectivity index (χ4v) is 3.92. The van der Waals surface area contributed by atoms with E-state index in [0.717, 1.165) is 12.8 Å². The van der Waals surface area contributed by atoms with Crippen LogP contribution in [0.1, 0.15) is 23.2 Å². The lowest BCUT2D eigenvalue weighted by molar-refractivity contribution is 0.0942. The van der Waals surface area contributed by atoms with Gasteiger partial charge < -0.3 is 5.32 Å². The highest BCUT2D eigenvalue weighted by atomic mass is 32.2. The summed E-state index contributed by atoms with van der Waals surface area (Å²) in [6, 6.07) is 7.02. The first-order valence-corrected chi connectivity index (χ1v) is 9.86. The standard InChI is InChI=1S/C15H20N6O3S/c1-25(23,24)21-8-4-5-11(10-21)9-16-15(22)13-7-3-2-6-12(13)14-17-19-20-18-14/h2-3,6-7,11H,4-5,8-10H2,1H3,(H,16,22)(H,17,18,19,20)/t11-/m1/s1. The summed E-state index contributed by atoms with van der Waals surface area (Å²) < 4.78 is 24.8. The molecular formula is C15H20N6O3S. The molecule has 1 saturated heterocycles. The predicted molar refractivity (Wildman–Crippen MR) is 91.1 cm³/mol. The van der Waals surface area contributed by atoms with Crippen molar-refractivity contribution in [1.29, 1.82) is 0 Å². The molecule has 1 fully saturated rings. The van der Waals surface area contributed by atoms with E-state index in [1.165, 1.54) is 10.6 Å². The van der Waals surface area contributed by atoms with Crippen molar-refractivity contribution >= 4 is 15.9 Å². The lowest BCUT2D eigenvalue weighted by Crippen LogP contribution is -2.43. The van der Waals surface area contributed by atoms with Crippen LogP contribution in [0.3, 0.4) is 0 Å². The highest BCUT2D eigenvalue weighted by molar-refractivity contribution is 7.88. The molecule has 0 saturated carbocycles. The van der Waals surface area contributed by atoms with Crippen molar-refractivity contribution in [3.63, 3.8) is 0 Å². The summed E-state index contributed by atoms with van der Waals surface area (Å²) in [5.41, 5.74) is 1.05.